The van der Waals surface area contributed by atoms with Crippen molar-refractivity contribution in [3.8, 4) is 5.75 Å². The molecule has 0 saturated heterocycles. The van der Waals surface area contributed by atoms with Gasteiger partial charge in [0.2, 0.25) is 0 Å². The SMILES string of the molecule is COc1cccc(CCCC=O)c1[N+](=O)[O-]. The Bertz CT molecular complexity index is 390. The van der Waals surface area contributed by atoms with E-state index < -0.39 is 4.92 Å². The molecule has 0 saturated carbocycles. The Hall–Kier alpha value is -1.91. The monoisotopic (exact) mass is 223 g/mol. The first-order valence-electron chi connectivity index (χ1n) is 4.94. The van der Waals surface area contributed by atoms with Crippen LogP contribution in [0, 0.1) is 10.1 Å². The van der Waals surface area contributed by atoms with Crippen LogP contribution in [0.2, 0.25) is 0 Å². The number of rotatable bonds is 6. The number of unbranched alkanes of at least 4 members (excludes halogenated alkanes) is 1. The molecule has 0 aliphatic rings. The number of nitrogens with zero attached hydrogens (tertiary/aromatic N) is 1. The summed E-state index contributed by atoms with van der Waals surface area (Å²) in [6.07, 6.45) is 2.34. The van der Waals surface area contributed by atoms with Crippen LogP contribution in [-0.4, -0.2) is 18.3 Å². The number of para-hydroxylation sites is 1. The average molecular weight is 223 g/mol. The van der Waals surface area contributed by atoms with E-state index in [4.69, 9.17) is 4.74 Å². The number of benzene rings is 1. The van der Waals surface area contributed by atoms with Gasteiger partial charge in [0.1, 0.15) is 6.29 Å². The fourth-order valence-corrected chi connectivity index (χ4v) is 1.52. The molecule has 0 spiro atoms. The maximum Gasteiger partial charge on any atom is 0.314 e. The van der Waals surface area contributed by atoms with Crippen molar-refractivity contribution in [2.75, 3.05) is 7.11 Å². The number of hydrogen-bond acceptors (Lipinski definition) is 4. The highest BCUT2D eigenvalue weighted by atomic mass is 16.6. The predicted octanol–water partition coefficient (Wildman–Crippen LogP) is 2.12. The van der Waals surface area contributed by atoms with E-state index in [-0.39, 0.29) is 11.4 Å². The third kappa shape index (κ3) is 2.79. The zero-order chi connectivity index (χ0) is 12.0. The largest absolute Gasteiger partial charge is 0.490 e. The van der Waals surface area contributed by atoms with Gasteiger partial charge in [-0.05, 0) is 18.9 Å². The number of ether oxygens (including phenoxy) is 1. The molecule has 0 amide bonds. The first-order valence-corrected chi connectivity index (χ1v) is 4.94. The molecule has 86 valence electrons. The van der Waals surface area contributed by atoms with E-state index in [0.29, 0.717) is 24.8 Å². The van der Waals surface area contributed by atoms with Crippen molar-refractivity contribution >= 4 is 12.0 Å². The molecule has 1 aromatic rings. The lowest BCUT2D eigenvalue weighted by atomic mass is 10.1. The summed E-state index contributed by atoms with van der Waals surface area (Å²) in [6.45, 7) is 0. The number of aldehydes is 1. The molecule has 0 radical (unpaired) electrons. The quantitative estimate of drug-likeness (QED) is 0.320. The summed E-state index contributed by atoms with van der Waals surface area (Å²) in [6, 6.07) is 4.95. The lowest BCUT2D eigenvalue weighted by Crippen LogP contribution is -1.99. The van der Waals surface area contributed by atoms with Gasteiger partial charge in [0.25, 0.3) is 0 Å². The summed E-state index contributed by atoms with van der Waals surface area (Å²) in [7, 11) is 1.40. The predicted molar refractivity (Wildman–Crippen MR) is 58.7 cm³/mol. The summed E-state index contributed by atoms with van der Waals surface area (Å²) >= 11 is 0. The number of nitro groups is 1. The van der Waals surface area contributed by atoms with Crippen LogP contribution in [0.1, 0.15) is 18.4 Å². The minimum atomic E-state index is -0.449. The van der Waals surface area contributed by atoms with Crippen LogP contribution in [0.15, 0.2) is 18.2 Å². The Morgan fingerprint density at radius 1 is 1.50 bits per heavy atom. The van der Waals surface area contributed by atoms with E-state index in [1.165, 1.54) is 7.11 Å². The highest BCUT2D eigenvalue weighted by Crippen LogP contribution is 2.31. The normalized spacial score (nSPS) is 9.81. The second-order valence-corrected chi connectivity index (χ2v) is 3.28. The van der Waals surface area contributed by atoms with Gasteiger partial charge in [-0.15, -0.1) is 0 Å². The van der Waals surface area contributed by atoms with Gasteiger partial charge >= 0.3 is 5.69 Å². The van der Waals surface area contributed by atoms with Gasteiger partial charge in [-0.2, -0.15) is 0 Å². The van der Waals surface area contributed by atoms with Gasteiger partial charge in [0, 0.05) is 12.0 Å². The minimum Gasteiger partial charge on any atom is -0.490 e. The zero-order valence-electron chi connectivity index (χ0n) is 9.01. The number of methoxy groups -OCH3 is 1. The molecule has 0 bridgehead atoms. The van der Waals surface area contributed by atoms with Crippen LogP contribution in [0.3, 0.4) is 0 Å². The Kier molecular flexibility index (Phi) is 4.44. The summed E-state index contributed by atoms with van der Waals surface area (Å²) in [5.74, 6) is 0.258. The zero-order valence-corrected chi connectivity index (χ0v) is 9.01. The summed E-state index contributed by atoms with van der Waals surface area (Å²) in [4.78, 5) is 20.6. The van der Waals surface area contributed by atoms with Crippen LogP contribution in [-0.2, 0) is 11.2 Å². The van der Waals surface area contributed by atoms with Crippen molar-refractivity contribution in [3.63, 3.8) is 0 Å². The van der Waals surface area contributed by atoms with Crippen LogP contribution in [0.5, 0.6) is 5.75 Å². The molecule has 0 fully saturated rings. The molecule has 1 aromatic carbocycles. The number of nitro benzene ring substituents is 1. The lowest BCUT2D eigenvalue weighted by molar-refractivity contribution is -0.386. The maximum atomic E-state index is 10.9. The molecule has 0 heterocycles. The van der Waals surface area contributed by atoms with Crippen LogP contribution in [0.4, 0.5) is 5.69 Å². The van der Waals surface area contributed by atoms with Crippen LogP contribution in [0.25, 0.3) is 0 Å². The number of carbonyl (C=O) groups is 1. The fourth-order valence-electron chi connectivity index (χ4n) is 1.52. The van der Waals surface area contributed by atoms with E-state index in [0.717, 1.165) is 6.29 Å². The van der Waals surface area contributed by atoms with E-state index >= 15 is 0 Å². The second-order valence-electron chi connectivity index (χ2n) is 3.28. The number of aryl methyl sites for hydroxylation is 1. The molecule has 5 nitrogen and oxygen atoms in total. The van der Waals surface area contributed by atoms with Crippen molar-refractivity contribution in [2.45, 2.75) is 19.3 Å². The van der Waals surface area contributed by atoms with E-state index in [9.17, 15) is 14.9 Å². The molecule has 1 rings (SSSR count). The molecule has 0 atom stereocenters. The molecule has 0 aliphatic heterocycles. The lowest BCUT2D eigenvalue weighted by Gasteiger charge is -2.05. The standard InChI is InChI=1S/C11H13NO4/c1-16-10-7-4-6-9(5-2-3-8-13)11(10)12(14)15/h4,6-8H,2-3,5H2,1H3. The van der Waals surface area contributed by atoms with Crippen LogP contribution < -0.4 is 4.74 Å². The number of hydrogen-bond donors (Lipinski definition) is 0. The van der Waals surface area contributed by atoms with Gasteiger partial charge in [-0.1, -0.05) is 12.1 Å². The first-order chi connectivity index (χ1) is 7.70. The first kappa shape index (κ1) is 12.2. The molecular formula is C11H13NO4. The number of carbonyl (C=O) groups excluding carboxylic acids is 1. The minimum absolute atomic E-state index is 0.00380. The van der Waals surface area contributed by atoms with Crippen molar-refractivity contribution in [3.05, 3.63) is 33.9 Å². The maximum absolute atomic E-state index is 10.9. The van der Waals surface area contributed by atoms with E-state index in [1.54, 1.807) is 18.2 Å². The smallest absolute Gasteiger partial charge is 0.314 e. The topological polar surface area (TPSA) is 69.4 Å². The second kappa shape index (κ2) is 5.85. The highest BCUT2D eigenvalue weighted by Gasteiger charge is 2.19. The summed E-state index contributed by atoms with van der Waals surface area (Å²) in [5.41, 5.74) is 0.599. The van der Waals surface area contributed by atoms with Crippen molar-refractivity contribution in [1.82, 2.24) is 0 Å². The molecule has 0 aromatic heterocycles. The fraction of sp³-hybridized carbons (Fsp3) is 0.364. The Labute approximate surface area is 93.2 Å². The third-order valence-electron chi connectivity index (χ3n) is 2.25. The van der Waals surface area contributed by atoms with Gasteiger partial charge in [0.05, 0.1) is 12.0 Å². The summed E-state index contributed by atoms with van der Waals surface area (Å²) in [5, 5.41) is 10.9. The van der Waals surface area contributed by atoms with Gasteiger partial charge in [0.15, 0.2) is 5.75 Å². The van der Waals surface area contributed by atoms with E-state index in [2.05, 4.69) is 0 Å². The van der Waals surface area contributed by atoms with Gasteiger partial charge < -0.3 is 9.53 Å². The van der Waals surface area contributed by atoms with Crippen molar-refractivity contribution < 1.29 is 14.5 Å². The Balaban J connectivity index is 2.97. The van der Waals surface area contributed by atoms with E-state index in [1.807, 2.05) is 0 Å². The molecule has 0 N–H and O–H groups in total. The molecule has 0 unspecified atom stereocenters. The molecule has 16 heavy (non-hydrogen) atoms. The third-order valence-corrected chi connectivity index (χ3v) is 2.25. The average Bonchev–Trinajstić information content (AvgIpc) is 2.28. The van der Waals surface area contributed by atoms with Crippen molar-refractivity contribution in [1.29, 1.82) is 0 Å². The Morgan fingerprint density at radius 3 is 2.81 bits per heavy atom. The highest BCUT2D eigenvalue weighted by molar-refractivity contribution is 5.53. The molecular weight excluding hydrogens is 210 g/mol. The van der Waals surface area contributed by atoms with Gasteiger partial charge in [-0.25, -0.2) is 0 Å². The van der Waals surface area contributed by atoms with Crippen molar-refractivity contribution in [2.24, 2.45) is 0 Å². The van der Waals surface area contributed by atoms with Gasteiger partial charge in [-0.3, -0.25) is 10.1 Å². The molecule has 5 heteroatoms. The molecule has 0 aliphatic carbocycles. The van der Waals surface area contributed by atoms with Crippen LogP contribution >= 0.6 is 0 Å². The Morgan fingerprint density at radius 2 is 2.25 bits per heavy atom. The summed E-state index contributed by atoms with van der Waals surface area (Å²) < 4.78 is 4.94.